The van der Waals surface area contributed by atoms with Gasteiger partial charge in [-0.15, -0.1) is 0 Å². The van der Waals surface area contributed by atoms with Crippen LogP contribution in [0.25, 0.3) is 11.1 Å². The Labute approximate surface area is 308 Å². The summed E-state index contributed by atoms with van der Waals surface area (Å²) in [5, 5.41) is 16.3. The second kappa shape index (κ2) is 18.0. The molecule has 6 rings (SSSR count). The van der Waals surface area contributed by atoms with E-state index in [0.717, 1.165) is 44.3 Å². The van der Waals surface area contributed by atoms with E-state index in [0.29, 0.717) is 50.0 Å². The van der Waals surface area contributed by atoms with Gasteiger partial charge in [0.1, 0.15) is 0 Å². The maximum atomic E-state index is 12.6. The number of aliphatic hydroxyl groups excluding tert-OH is 1. The number of carbonyl (C=O) groups is 2. The Bertz CT molecular complexity index is 1950. The van der Waals surface area contributed by atoms with Crippen LogP contribution in [0.4, 0.5) is 11.4 Å². The van der Waals surface area contributed by atoms with E-state index in [2.05, 4.69) is 39.9 Å². The zero-order valence-corrected chi connectivity index (χ0v) is 30.1. The van der Waals surface area contributed by atoms with Gasteiger partial charge in [-0.1, -0.05) is 84.6 Å². The molecule has 10 nitrogen and oxygen atoms in total. The molecule has 5 aromatic rings. The van der Waals surface area contributed by atoms with E-state index >= 15 is 0 Å². The number of anilines is 2. The Morgan fingerprint density at radius 2 is 1.63 bits per heavy atom. The Hall–Kier alpha value is -4.94. The molecule has 270 valence electrons. The van der Waals surface area contributed by atoms with Crippen LogP contribution in [0.3, 0.4) is 0 Å². The van der Waals surface area contributed by atoms with Crippen LogP contribution >= 0.6 is 11.8 Å². The number of nitrogens with one attached hydrogen (secondary N) is 2. The molecule has 5 N–H and O–H groups in total. The highest BCUT2D eigenvalue weighted by atomic mass is 32.2. The van der Waals surface area contributed by atoms with Gasteiger partial charge in [-0.05, 0) is 64.9 Å². The number of nitrogens with two attached hydrogens (primary N) is 1. The van der Waals surface area contributed by atoms with Crippen LogP contribution in [0.5, 0.6) is 0 Å². The molecular formula is C41H45N5O5S. The summed E-state index contributed by atoms with van der Waals surface area (Å²) >= 11 is 1.66. The summed E-state index contributed by atoms with van der Waals surface area (Å²) in [4.78, 5) is 29.3. The van der Waals surface area contributed by atoms with Crippen molar-refractivity contribution < 1.29 is 24.2 Å². The van der Waals surface area contributed by atoms with Crippen LogP contribution in [0, 0.1) is 0 Å². The van der Waals surface area contributed by atoms with Crippen LogP contribution in [0.15, 0.2) is 115 Å². The lowest BCUT2D eigenvalue weighted by atomic mass is 9.99. The highest BCUT2D eigenvalue weighted by Crippen LogP contribution is 2.40. The predicted octanol–water partition coefficient (Wildman–Crippen LogP) is 7.31. The second-order valence-corrected chi connectivity index (χ2v) is 13.9. The van der Waals surface area contributed by atoms with Crippen molar-refractivity contribution in [1.29, 1.82) is 0 Å². The number of nitrogens with zero attached hydrogens (tertiary/aromatic N) is 2. The van der Waals surface area contributed by atoms with Gasteiger partial charge in [-0.25, -0.2) is 4.98 Å². The van der Waals surface area contributed by atoms with Crippen LogP contribution < -0.4 is 16.4 Å². The average molecular weight is 720 g/mol. The molecule has 11 heteroatoms. The van der Waals surface area contributed by atoms with Gasteiger partial charge < -0.3 is 35.5 Å². The fraction of sp³-hybridized carbons (Fsp3) is 0.293. The summed E-state index contributed by atoms with van der Waals surface area (Å²) in [5.41, 5.74) is 12.9. The first-order valence-corrected chi connectivity index (χ1v) is 18.5. The molecule has 1 fully saturated rings. The van der Waals surface area contributed by atoms with Gasteiger partial charge in [0.05, 0.1) is 30.2 Å². The van der Waals surface area contributed by atoms with Crippen molar-refractivity contribution in [2.75, 3.05) is 16.8 Å². The Morgan fingerprint density at radius 3 is 2.38 bits per heavy atom. The van der Waals surface area contributed by atoms with Crippen LogP contribution in [-0.2, 0) is 39.3 Å². The summed E-state index contributed by atoms with van der Waals surface area (Å²) in [6.07, 6.45) is 5.47. The smallest absolute Gasteiger partial charge is 0.224 e. The first-order valence-electron chi connectivity index (χ1n) is 17.6. The number of unbranched alkanes of at least 4 members (excludes halogenated alkanes) is 1. The zero-order valence-electron chi connectivity index (χ0n) is 29.2. The zero-order chi connectivity index (χ0) is 36.3. The van der Waals surface area contributed by atoms with E-state index in [1.54, 1.807) is 30.1 Å². The molecule has 2 amide bonds. The van der Waals surface area contributed by atoms with Crippen molar-refractivity contribution in [2.24, 2.45) is 7.05 Å². The molecule has 2 heterocycles. The standard InChI is InChI=1S/C41H45N5O5S/c1-46-21-20-43-41(46)52-27-34-24-37(30-18-16-28(26-47)17-19-30)51-40(50-34)33-11-7-10-32(23-33)31-9-6-8-29(22-31)25-44-38(48)14-4-5-15-39(49)45-36-13-3-2-12-35(36)42/h2-3,6-13,16-23,34,37,40,47H,4-5,14-15,24-27,42H2,1H3,(H,44,48)(H,45,49)/t34-,37+,40+/m1/s1. The largest absolute Gasteiger partial charge is 0.397 e. The molecule has 1 saturated heterocycles. The fourth-order valence-electron chi connectivity index (χ4n) is 6.09. The quantitative estimate of drug-likeness (QED) is 0.0502. The van der Waals surface area contributed by atoms with Crippen molar-refractivity contribution in [3.63, 3.8) is 0 Å². The number of ether oxygens (including phenoxy) is 2. The molecule has 1 aliphatic heterocycles. The molecule has 1 aromatic heterocycles. The number of thioether (sulfide) groups is 1. The molecule has 52 heavy (non-hydrogen) atoms. The van der Waals surface area contributed by atoms with E-state index in [9.17, 15) is 14.7 Å². The van der Waals surface area contributed by atoms with Crippen molar-refractivity contribution >= 4 is 35.0 Å². The highest BCUT2D eigenvalue weighted by molar-refractivity contribution is 7.99. The number of para-hydroxylation sites is 2. The fourth-order valence-corrected chi connectivity index (χ4v) is 7.04. The maximum absolute atomic E-state index is 12.6. The number of benzene rings is 4. The number of hydrogen-bond acceptors (Lipinski definition) is 8. The van der Waals surface area contributed by atoms with Gasteiger partial charge >= 0.3 is 0 Å². The van der Waals surface area contributed by atoms with Gasteiger partial charge in [-0.3, -0.25) is 9.59 Å². The van der Waals surface area contributed by atoms with E-state index < -0.39 is 6.29 Å². The summed E-state index contributed by atoms with van der Waals surface area (Å²) in [7, 11) is 1.98. The molecule has 3 atom stereocenters. The minimum atomic E-state index is -0.576. The van der Waals surface area contributed by atoms with Gasteiger partial charge in [0, 0.05) is 56.6 Å². The summed E-state index contributed by atoms with van der Waals surface area (Å²) < 4.78 is 15.2. The van der Waals surface area contributed by atoms with Gasteiger partial charge in [-0.2, -0.15) is 0 Å². The summed E-state index contributed by atoms with van der Waals surface area (Å²) in [5.74, 6) is 0.555. The van der Waals surface area contributed by atoms with Crippen molar-refractivity contribution in [3.05, 3.63) is 132 Å². The number of imidazole rings is 1. The minimum absolute atomic E-state index is 0.00514. The molecule has 0 unspecified atom stereocenters. The molecule has 1 aliphatic rings. The summed E-state index contributed by atoms with van der Waals surface area (Å²) in [6.45, 7) is 0.399. The van der Waals surface area contributed by atoms with Crippen LogP contribution in [0.2, 0.25) is 0 Å². The van der Waals surface area contributed by atoms with Crippen LogP contribution in [-0.4, -0.2) is 38.3 Å². The van der Waals surface area contributed by atoms with Crippen molar-refractivity contribution in [3.8, 4) is 11.1 Å². The van der Waals surface area contributed by atoms with Crippen LogP contribution in [0.1, 0.15) is 66.8 Å². The summed E-state index contributed by atoms with van der Waals surface area (Å²) in [6, 6.07) is 31.4. The monoisotopic (exact) mass is 719 g/mol. The number of carbonyl (C=O) groups excluding carboxylic acids is 2. The third-order valence-electron chi connectivity index (χ3n) is 8.99. The maximum Gasteiger partial charge on any atom is 0.224 e. The Balaban J connectivity index is 1.05. The lowest BCUT2D eigenvalue weighted by Crippen LogP contribution is -2.31. The number of aryl methyl sites for hydroxylation is 1. The number of amides is 2. The van der Waals surface area contributed by atoms with Crippen molar-refractivity contribution in [2.45, 2.75) is 68.9 Å². The minimum Gasteiger partial charge on any atom is -0.397 e. The average Bonchev–Trinajstić information content (AvgIpc) is 3.60. The number of aliphatic hydroxyl groups is 1. The molecule has 0 spiro atoms. The van der Waals surface area contributed by atoms with Gasteiger partial charge in [0.25, 0.3) is 0 Å². The predicted molar refractivity (Wildman–Crippen MR) is 204 cm³/mol. The normalized spacial score (nSPS) is 17.1. The Morgan fingerprint density at radius 1 is 0.885 bits per heavy atom. The number of aromatic nitrogens is 2. The second-order valence-electron chi connectivity index (χ2n) is 12.9. The first-order chi connectivity index (χ1) is 25.3. The lowest BCUT2D eigenvalue weighted by molar-refractivity contribution is -0.245. The molecular weight excluding hydrogens is 675 g/mol. The van der Waals surface area contributed by atoms with E-state index in [4.69, 9.17) is 15.2 Å². The lowest BCUT2D eigenvalue weighted by Gasteiger charge is -2.36. The molecule has 0 bridgehead atoms. The first kappa shape index (κ1) is 36.8. The Kier molecular flexibility index (Phi) is 12.8. The molecule has 0 aliphatic carbocycles. The third kappa shape index (κ3) is 10.1. The molecule has 0 radical (unpaired) electrons. The third-order valence-corrected chi connectivity index (χ3v) is 10.2. The van der Waals surface area contributed by atoms with Gasteiger partial charge in [0.2, 0.25) is 11.8 Å². The van der Waals surface area contributed by atoms with E-state index in [1.165, 1.54) is 0 Å². The van der Waals surface area contributed by atoms with Crippen molar-refractivity contribution in [1.82, 2.24) is 14.9 Å². The number of hydrogen-bond donors (Lipinski definition) is 4. The highest BCUT2D eigenvalue weighted by Gasteiger charge is 2.32. The topological polar surface area (TPSA) is 141 Å². The molecule has 4 aromatic carbocycles. The molecule has 0 saturated carbocycles. The van der Waals surface area contributed by atoms with E-state index in [-0.39, 0.29) is 30.6 Å². The van der Waals surface area contributed by atoms with E-state index in [1.807, 2.05) is 78.5 Å². The number of nitrogen functional groups attached to an aromatic ring is 1. The number of rotatable bonds is 15. The van der Waals surface area contributed by atoms with Gasteiger partial charge in [0.15, 0.2) is 11.4 Å². The SMILES string of the molecule is Cn1ccnc1SC[C@H]1C[C@@H](c2ccc(CO)cc2)O[C@@H](c2cccc(-c3cccc(CNC(=O)CCCCC(=O)Nc4ccccc4N)c3)c2)O1.